The number of ether oxygens (including phenoxy) is 2. The maximum atomic E-state index is 14.3. The molecule has 1 amide bonds. The number of aryl methyl sites for hydroxylation is 1. The molecule has 1 unspecified atom stereocenters. The first kappa shape index (κ1) is 26.2. The van der Waals surface area contributed by atoms with Gasteiger partial charge in [-0.05, 0) is 68.3 Å². The summed E-state index contributed by atoms with van der Waals surface area (Å²) >= 11 is 6.17. The third-order valence-electron chi connectivity index (χ3n) is 6.33. The van der Waals surface area contributed by atoms with Gasteiger partial charge in [0.25, 0.3) is 5.91 Å². The van der Waals surface area contributed by atoms with Crippen LogP contribution in [0.1, 0.15) is 36.6 Å². The van der Waals surface area contributed by atoms with E-state index in [2.05, 4.69) is 20.7 Å². The van der Waals surface area contributed by atoms with Crippen LogP contribution in [0.15, 0.2) is 78.3 Å². The van der Waals surface area contributed by atoms with E-state index in [-0.39, 0.29) is 23.1 Å². The maximum Gasteiger partial charge on any atom is 0.255 e. The molecular formula is C29H27ClFN5O3. The van der Waals surface area contributed by atoms with Crippen LogP contribution >= 0.6 is 11.6 Å². The van der Waals surface area contributed by atoms with E-state index in [4.69, 9.17) is 21.1 Å². The molecule has 2 N–H and O–H groups in total. The third kappa shape index (κ3) is 5.44. The van der Waals surface area contributed by atoms with Crippen molar-refractivity contribution in [2.24, 2.45) is 0 Å². The molecule has 0 saturated heterocycles. The molecule has 0 bridgehead atoms. The number of halogens is 2. The molecule has 0 aliphatic carbocycles. The fourth-order valence-corrected chi connectivity index (χ4v) is 4.73. The lowest BCUT2D eigenvalue weighted by molar-refractivity contribution is -0.113. The van der Waals surface area contributed by atoms with Crippen LogP contribution in [0.4, 0.5) is 16.0 Å². The minimum absolute atomic E-state index is 0.0747. The molecule has 3 aromatic carbocycles. The highest BCUT2D eigenvalue weighted by atomic mass is 35.5. The molecule has 10 heteroatoms. The Labute approximate surface area is 230 Å². The number of hydrogen-bond donors (Lipinski definition) is 2. The summed E-state index contributed by atoms with van der Waals surface area (Å²) in [6.07, 6.45) is 1.43. The highest BCUT2D eigenvalue weighted by Crippen LogP contribution is 2.39. The molecule has 1 aliphatic heterocycles. The Bertz CT molecular complexity index is 1550. The number of anilines is 2. The van der Waals surface area contributed by atoms with Crippen molar-refractivity contribution in [2.45, 2.75) is 33.4 Å². The summed E-state index contributed by atoms with van der Waals surface area (Å²) in [5, 5.41) is 10.9. The van der Waals surface area contributed by atoms with E-state index in [9.17, 15) is 9.18 Å². The van der Waals surface area contributed by atoms with E-state index in [1.807, 2.05) is 51.1 Å². The Morgan fingerprint density at radius 3 is 2.69 bits per heavy atom. The van der Waals surface area contributed by atoms with Crippen LogP contribution in [0.5, 0.6) is 11.5 Å². The van der Waals surface area contributed by atoms with Crippen molar-refractivity contribution in [2.75, 3.05) is 17.2 Å². The zero-order chi connectivity index (χ0) is 27.5. The van der Waals surface area contributed by atoms with Gasteiger partial charge in [-0.25, -0.2) is 9.07 Å². The van der Waals surface area contributed by atoms with Gasteiger partial charge in [0.2, 0.25) is 5.95 Å². The molecule has 200 valence electrons. The number of nitrogens with zero attached hydrogens (tertiary/aromatic N) is 3. The van der Waals surface area contributed by atoms with Gasteiger partial charge in [-0.15, -0.1) is 0 Å². The Hall–Kier alpha value is -4.37. The van der Waals surface area contributed by atoms with Gasteiger partial charge in [0, 0.05) is 16.9 Å². The van der Waals surface area contributed by atoms with Crippen LogP contribution in [-0.4, -0.2) is 27.3 Å². The van der Waals surface area contributed by atoms with Gasteiger partial charge < -0.3 is 20.1 Å². The molecular weight excluding hydrogens is 521 g/mol. The van der Waals surface area contributed by atoms with Gasteiger partial charge in [-0.1, -0.05) is 35.9 Å². The number of hydrogen-bond acceptors (Lipinski definition) is 6. The molecule has 0 saturated carbocycles. The number of carbonyl (C=O) groups is 1. The smallest absolute Gasteiger partial charge is 0.255 e. The minimum Gasteiger partial charge on any atom is -0.490 e. The summed E-state index contributed by atoms with van der Waals surface area (Å²) < 4.78 is 27.8. The van der Waals surface area contributed by atoms with Crippen molar-refractivity contribution in [3.63, 3.8) is 0 Å². The average Bonchev–Trinajstić information content (AvgIpc) is 3.36. The van der Waals surface area contributed by atoms with Crippen LogP contribution in [0.2, 0.25) is 5.02 Å². The SMILES string of the molecule is CCOc1cc(C2C(C(=O)Nc3cccc(C)c3)=C(C)Nc3ncnn32)ccc1OCc1c(F)cccc1Cl. The van der Waals surface area contributed by atoms with E-state index in [1.54, 1.807) is 28.9 Å². The van der Waals surface area contributed by atoms with Crippen LogP contribution in [0.3, 0.4) is 0 Å². The zero-order valence-electron chi connectivity index (χ0n) is 21.7. The van der Waals surface area contributed by atoms with Gasteiger partial charge in [0.05, 0.1) is 17.2 Å². The standard InChI is InChI=1S/C29H27ClFN5O3/c1-4-38-25-14-19(11-12-24(25)39-15-21-22(30)9-6-10-23(21)31)27-26(18(3)34-29-32-16-33-36(27)29)28(37)35-20-8-5-7-17(2)13-20/h5-14,16,27H,4,15H2,1-3H3,(H,35,37)(H,32,33,34). The predicted octanol–water partition coefficient (Wildman–Crippen LogP) is 6.28. The normalized spacial score (nSPS) is 14.4. The number of amides is 1. The van der Waals surface area contributed by atoms with Crippen molar-refractivity contribution in [1.82, 2.24) is 14.8 Å². The van der Waals surface area contributed by atoms with E-state index < -0.39 is 11.9 Å². The first-order chi connectivity index (χ1) is 18.9. The summed E-state index contributed by atoms with van der Waals surface area (Å²) in [6, 6.07) is 16.9. The Morgan fingerprint density at radius 2 is 1.92 bits per heavy atom. The maximum absolute atomic E-state index is 14.3. The van der Waals surface area contributed by atoms with Crippen LogP contribution in [0.25, 0.3) is 0 Å². The highest BCUT2D eigenvalue weighted by Gasteiger charge is 2.34. The monoisotopic (exact) mass is 547 g/mol. The fourth-order valence-electron chi connectivity index (χ4n) is 4.52. The molecule has 0 fully saturated rings. The average molecular weight is 548 g/mol. The first-order valence-electron chi connectivity index (χ1n) is 12.4. The summed E-state index contributed by atoms with van der Waals surface area (Å²) in [4.78, 5) is 17.9. The molecule has 1 aromatic heterocycles. The van der Waals surface area contributed by atoms with Crippen molar-refractivity contribution in [1.29, 1.82) is 0 Å². The summed E-state index contributed by atoms with van der Waals surface area (Å²) in [5.41, 5.74) is 3.83. The van der Waals surface area contributed by atoms with E-state index in [0.717, 1.165) is 11.1 Å². The van der Waals surface area contributed by atoms with Crippen LogP contribution < -0.4 is 20.1 Å². The molecule has 0 radical (unpaired) electrons. The second-order valence-corrected chi connectivity index (χ2v) is 9.45. The Kier molecular flexibility index (Phi) is 7.51. The number of fused-ring (bicyclic) bond motifs is 1. The molecule has 4 aromatic rings. The first-order valence-corrected chi connectivity index (χ1v) is 12.8. The largest absolute Gasteiger partial charge is 0.490 e. The molecule has 8 nitrogen and oxygen atoms in total. The number of rotatable bonds is 8. The molecule has 5 rings (SSSR count). The highest BCUT2D eigenvalue weighted by molar-refractivity contribution is 6.31. The number of benzene rings is 3. The van der Waals surface area contributed by atoms with Crippen molar-refractivity contribution < 1.29 is 18.7 Å². The van der Waals surface area contributed by atoms with Crippen molar-refractivity contribution >= 4 is 29.1 Å². The van der Waals surface area contributed by atoms with Gasteiger partial charge in [-0.3, -0.25) is 4.79 Å². The lowest BCUT2D eigenvalue weighted by atomic mass is 9.94. The predicted molar refractivity (Wildman–Crippen MR) is 148 cm³/mol. The minimum atomic E-state index is -0.595. The second kappa shape index (κ2) is 11.2. The quantitative estimate of drug-likeness (QED) is 0.270. The van der Waals surface area contributed by atoms with Gasteiger partial charge in [0.1, 0.15) is 24.8 Å². The Balaban J connectivity index is 1.50. The summed E-state index contributed by atoms with van der Waals surface area (Å²) in [7, 11) is 0. The molecule has 1 atom stereocenters. The van der Waals surface area contributed by atoms with Gasteiger partial charge in [0.15, 0.2) is 11.5 Å². The molecule has 2 heterocycles. The van der Waals surface area contributed by atoms with Gasteiger partial charge >= 0.3 is 0 Å². The number of aromatic nitrogens is 3. The third-order valence-corrected chi connectivity index (χ3v) is 6.69. The van der Waals surface area contributed by atoms with E-state index in [0.29, 0.717) is 41.0 Å². The molecule has 1 aliphatic rings. The summed E-state index contributed by atoms with van der Waals surface area (Å²) in [5.74, 6) is 0.648. The summed E-state index contributed by atoms with van der Waals surface area (Å²) in [6.45, 7) is 5.95. The number of allylic oxidation sites excluding steroid dienone is 1. The van der Waals surface area contributed by atoms with E-state index >= 15 is 0 Å². The zero-order valence-corrected chi connectivity index (χ0v) is 22.4. The number of carbonyl (C=O) groups excluding carboxylic acids is 1. The number of nitrogens with one attached hydrogen (secondary N) is 2. The van der Waals surface area contributed by atoms with Crippen molar-refractivity contribution in [3.8, 4) is 11.5 Å². The fraction of sp³-hybridized carbons (Fsp3) is 0.207. The van der Waals surface area contributed by atoms with E-state index in [1.165, 1.54) is 12.4 Å². The lowest BCUT2D eigenvalue weighted by Crippen LogP contribution is -2.31. The molecule has 0 spiro atoms. The molecule has 39 heavy (non-hydrogen) atoms. The Morgan fingerprint density at radius 1 is 1.10 bits per heavy atom. The lowest BCUT2D eigenvalue weighted by Gasteiger charge is -2.29. The van der Waals surface area contributed by atoms with Crippen LogP contribution in [0, 0.1) is 12.7 Å². The van der Waals surface area contributed by atoms with Crippen molar-refractivity contribution in [3.05, 3.63) is 106 Å². The topological polar surface area (TPSA) is 90.3 Å². The van der Waals surface area contributed by atoms with Gasteiger partial charge in [-0.2, -0.15) is 10.1 Å². The van der Waals surface area contributed by atoms with Crippen LogP contribution in [-0.2, 0) is 11.4 Å². The second-order valence-electron chi connectivity index (χ2n) is 9.05.